The van der Waals surface area contributed by atoms with Gasteiger partial charge >= 0.3 is 0 Å². The quantitative estimate of drug-likeness (QED) is 0.760. The average molecular weight is 322 g/mol. The summed E-state index contributed by atoms with van der Waals surface area (Å²) in [4.78, 5) is 6.39. The van der Waals surface area contributed by atoms with Crippen LogP contribution in [0.2, 0.25) is 5.02 Å². The minimum atomic E-state index is 0.178. The molecule has 120 valence electrons. The molecule has 0 fully saturated rings. The van der Waals surface area contributed by atoms with E-state index < -0.39 is 0 Å². The third-order valence-electron chi connectivity index (χ3n) is 3.59. The summed E-state index contributed by atoms with van der Waals surface area (Å²) in [6, 6.07) is 8.26. The highest BCUT2D eigenvalue weighted by Crippen LogP contribution is 2.13. The maximum absolute atomic E-state index is 6.06. The molecule has 22 heavy (non-hydrogen) atoms. The van der Waals surface area contributed by atoms with E-state index in [9.17, 15) is 0 Å². The number of hydrogen-bond donors (Lipinski definition) is 1. The number of aromatic nitrogens is 1. The lowest BCUT2D eigenvalue weighted by Crippen LogP contribution is -2.33. The number of halogens is 1. The van der Waals surface area contributed by atoms with Gasteiger partial charge in [-0.1, -0.05) is 30.7 Å². The van der Waals surface area contributed by atoms with Crippen LogP contribution >= 0.6 is 11.6 Å². The van der Waals surface area contributed by atoms with E-state index in [4.69, 9.17) is 16.0 Å². The van der Waals surface area contributed by atoms with E-state index in [-0.39, 0.29) is 6.04 Å². The highest BCUT2D eigenvalue weighted by Gasteiger charge is 2.10. The molecule has 1 aromatic heterocycles. The van der Waals surface area contributed by atoms with Gasteiger partial charge in [0.2, 0.25) is 0 Å². The van der Waals surface area contributed by atoms with Gasteiger partial charge in [-0.15, -0.1) is 0 Å². The molecule has 0 aliphatic carbocycles. The van der Waals surface area contributed by atoms with Crippen LogP contribution in [-0.4, -0.2) is 29.5 Å². The van der Waals surface area contributed by atoms with Crippen LogP contribution in [0.25, 0.3) is 0 Å². The van der Waals surface area contributed by atoms with E-state index in [1.54, 1.807) is 6.20 Å². The molecule has 1 aromatic carbocycles. The van der Waals surface area contributed by atoms with Crippen molar-refractivity contribution in [1.29, 1.82) is 0 Å². The number of rotatable bonds is 9. The normalized spacial score (nSPS) is 12.7. The fourth-order valence-corrected chi connectivity index (χ4v) is 2.67. The predicted molar refractivity (Wildman–Crippen MR) is 89.9 cm³/mol. The zero-order chi connectivity index (χ0) is 15.8. The van der Waals surface area contributed by atoms with Gasteiger partial charge in [0.05, 0.1) is 12.2 Å². The van der Waals surface area contributed by atoms with E-state index in [0.29, 0.717) is 0 Å². The number of oxazole rings is 1. The van der Waals surface area contributed by atoms with Gasteiger partial charge in [-0.05, 0) is 37.6 Å². The summed E-state index contributed by atoms with van der Waals surface area (Å²) in [6.45, 7) is 8.18. The van der Waals surface area contributed by atoms with E-state index in [0.717, 1.165) is 43.4 Å². The van der Waals surface area contributed by atoms with Crippen LogP contribution in [-0.2, 0) is 6.54 Å². The van der Waals surface area contributed by atoms with Crippen molar-refractivity contribution in [2.24, 2.45) is 0 Å². The minimum Gasteiger partial charge on any atom is -0.447 e. The first-order valence-electron chi connectivity index (χ1n) is 7.77. The first-order valence-corrected chi connectivity index (χ1v) is 8.15. The van der Waals surface area contributed by atoms with Crippen molar-refractivity contribution in [3.8, 4) is 0 Å². The zero-order valence-electron chi connectivity index (χ0n) is 13.3. The Morgan fingerprint density at radius 2 is 2.23 bits per heavy atom. The zero-order valence-corrected chi connectivity index (χ0v) is 14.0. The molecule has 2 aromatic rings. The van der Waals surface area contributed by atoms with Crippen molar-refractivity contribution in [2.45, 2.75) is 32.9 Å². The van der Waals surface area contributed by atoms with Crippen LogP contribution in [0.1, 0.15) is 37.6 Å². The average Bonchev–Trinajstić information content (AvgIpc) is 3.01. The molecule has 5 heteroatoms. The molecular weight excluding hydrogens is 298 g/mol. The van der Waals surface area contributed by atoms with Gasteiger partial charge in [0.25, 0.3) is 0 Å². The second kappa shape index (κ2) is 8.93. The number of hydrogen-bond acceptors (Lipinski definition) is 4. The van der Waals surface area contributed by atoms with Gasteiger partial charge in [-0.2, -0.15) is 0 Å². The molecule has 0 radical (unpaired) electrons. The second-order valence-electron chi connectivity index (χ2n) is 5.49. The molecule has 2 rings (SSSR count). The smallest absolute Gasteiger partial charge is 0.180 e. The molecule has 4 nitrogen and oxygen atoms in total. The molecule has 1 heterocycles. The summed E-state index contributed by atoms with van der Waals surface area (Å²) in [5, 5.41) is 4.27. The molecule has 0 aliphatic rings. The molecule has 0 amide bonds. The largest absolute Gasteiger partial charge is 0.447 e. The topological polar surface area (TPSA) is 41.3 Å². The van der Waals surface area contributed by atoms with Crippen LogP contribution in [0.15, 0.2) is 41.3 Å². The Bertz CT molecular complexity index is 545. The lowest BCUT2D eigenvalue weighted by Gasteiger charge is -2.23. The third-order valence-corrected chi connectivity index (χ3v) is 3.83. The third kappa shape index (κ3) is 5.44. The Kier molecular flexibility index (Phi) is 6.90. The Hall–Kier alpha value is -1.36. The number of nitrogens with one attached hydrogen (secondary N) is 1. The fraction of sp³-hybridized carbons (Fsp3) is 0.471. The van der Waals surface area contributed by atoms with Gasteiger partial charge < -0.3 is 9.73 Å². The van der Waals surface area contributed by atoms with Gasteiger partial charge in [0.15, 0.2) is 6.39 Å². The van der Waals surface area contributed by atoms with Gasteiger partial charge in [0, 0.05) is 24.7 Å². The van der Waals surface area contributed by atoms with Crippen molar-refractivity contribution in [1.82, 2.24) is 15.2 Å². The van der Waals surface area contributed by atoms with Crippen molar-refractivity contribution < 1.29 is 4.42 Å². The Morgan fingerprint density at radius 3 is 2.91 bits per heavy atom. The maximum atomic E-state index is 6.06. The maximum Gasteiger partial charge on any atom is 0.180 e. The van der Waals surface area contributed by atoms with E-state index in [1.807, 2.05) is 18.2 Å². The van der Waals surface area contributed by atoms with Crippen molar-refractivity contribution in [3.63, 3.8) is 0 Å². The molecule has 0 spiro atoms. The molecule has 1 atom stereocenters. The number of nitrogens with zero attached hydrogens (tertiary/aromatic N) is 2. The molecule has 0 aliphatic heterocycles. The van der Waals surface area contributed by atoms with Crippen molar-refractivity contribution in [3.05, 3.63) is 53.2 Å². The fourth-order valence-electron chi connectivity index (χ4n) is 2.46. The Balaban J connectivity index is 1.81. The van der Waals surface area contributed by atoms with Crippen molar-refractivity contribution >= 4 is 11.6 Å². The second-order valence-corrected chi connectivity index (χ2v) is 5.92. The lowest BCUT2D eigenvalue weighted by molar-refractivity contribution is 0.260. The SMILES string of the molecule is CCCN(CCNC(C)c1cnco1)Cc1cccc(Cl)c1. The summed E-state index contributed by atoms with van der Waals surface area (Å²) >= 11 is 6.06. The van der Waals surface area contributed by atoms with E-state index in [2.05, 4.69) is 35.1 Å². The summed E-state index contributed by atoms with van der Waals surface area (Å²) < 4.78 is 5.31. The minimum absolute atomic E-state index is 0.178. The molecular formula is C17H24ClN3O. The van der Waals surface area contributed by atoms with Crippen LogP contribution in [0.4, 0.5) is 0 Å². The monoisotopic (exact) mass is 321 g/mol. The first-order chi connectivity index (χ1) is 10.7. The van der Waals surface area contributed by atoms with E-state index >= 15 is 0 Å². The van der Waals surface area contributed by atoms with Crippen LogP contribution in [0.5, 0.6) is 0 Å². The van der Waals surface area contributed by atoms with Crippen LogP contribution in [0.3, 0.4) is 0 Å². The molecule has 1 N–H and O–H groups in total. The number of benzene rings is 1. The van der Waals surface area contributed by atoms with Crippen molar-refractivity contribution in [2.75, 3.05) is 19.6 Å². The standard InChI is InChI=1S/C17H24ClN3O/c1-3-8-21(12-15-5-4-6-16(18)10-15)9-7-20-14(2)17-11-19-13-22-17/h4-6,10-11,13-14,20H,3,7-9,12H2,1-2H3. The Labute approximate surface area is 137 Å². The molecule has 0 saturated carbocycles. The van der Waals surface area contributed by atoms with Crippen LogP contribution < -0.4 is 5.32 Å². The van der Waals surface area contributed by atoms with Crippen LogP contribution in [0, 0.1) is 0 Å². The highest BCUT2D eigenvalue weighted by molar-refractivity contribution is 6.30. The molecule has 0 saturated heterocycles. The summed E-state index contributed by atoms with van der Waals surface area (Å²) in [5.74, 6) is 0.872. The summed E-state index contributed by atoms with van der Waals surface area (Å²) in [5.41, 5.74) is 1.25. The van der Waals surface area contributed by atoms with Gasteiger partial charge in [-0.3, -0.25) is 4.90 Å². The predicted octanol–water partition coefficient (Wildman–Crippen LogP) is 3.89. The lowest BCUT2D eigenvalue weighted by atomic mass is 10.2. The summed E-state index contributed by atoms with van der Waals surface area (Å²) in [6.07, 6.45) is 4.36. The summed E-state index contributed by atoms with van der Waals surface area (Å²) in [7, 11) is 0. The Morgan fingerprint density at radius 1 is 1.36 bits per heavy atom. The molecule has 1 unspecified atom stereocenters. The van der Waals surface area contributed by atoms with Gasteiger partial charge in [0.1, 0.15) is 5.76 Å². The highest BCUT2D eigenvalue weighted by atomic mass is 35.5. The van der Waals surface area contributed by atoms with E-state index in [1.165, 1.54) is 12.0 Å². The first kappa shape index (κ1) is 17.0. The molecule has 0 bridgehead atoms. The van der Waals surface area contributed by atoms with Gasteiger partial charge in [-0.25, -0.2) is 4.98 Å².